The monoisotopic (exact) mass is 269 g/mol. The van der Waals surface area contributed by atoms with Gasteiger partial charge in [0.15, 0.2) is 0 Å². The number of esters is 1. The average Bonchev–Trinajstić information content (AvgIpc) is 2.75. The molecule has 108 valence electrons. The summed E-state index contributed by atoms with van der Waals surface area (Å²) in [5.74, 6) is 1.01. The molecule has 0 bridgehead atoms. The minimum atomic E-state index is -0.185. The van der Waals surface area contributed by atoms with Crippen LogP contribution in [0.3, 0.4) is 0 Å². The molecule has 0 aliphatic rings. The Labute approximate surface area is 114 Å². The van der Waals surface area contributed by atoms with Crippen molar-refractivity contribution in [3.8, 4) is 0 Å². The molecule has 1 aromatic heterocycles. The molecule has 0 aromatic carbocycles. The number of carbonyl (C=O) groups is 1. The molecule has 0 amide bonds. The predicted molar refractivity (Wildman–Crippen MR) is 70.6 cm³/mol. The zero-order valence-corrected chi connectivity index (χ0v) is 12.4. The highest BCUT2D eigenvalue weighted by atomic mass is 16.5. The Bertz CT molecular complexity index is 410. The number of hydrogen-bond acceptors (Lipinski definition) is 6. The molecule has 19 heavy (non-hydrogen) atoms. The second-order valence-corrected chi connectivity index (χ2v) is 5.54. The molecule has 6 nitrogen and oxygen atoms in total. The molecule has 0 unspecified atom stereocenters. The van der Waals surface area contributed by atoms with Gasteiger partial charge in [0.25, 0.3) is 0 Å². The number of ether oxygens (including phenoxy) is 1. The lowest BCUT2D eigenvalue weighted by Crippen LogP contribution is -2.22. The molecule has 0 saturated carbocycles. The van der Waals surface area contributed by atoms with Gasteiger partial charge in [0.2, 0.25) is 11.8 Å². The van der Waals surface area contributed by atoms with Crippen LogP contribution in [0.5, 0.6) is 0 Å². The Morgan fingerprint density at radius 1 is 1.37 bits per heavy atom. The zero-order valence-electron chi connectivity index (χ0n) is 12.4. The normalized spacial score (nSPS) is 11.9. The summed E-state index contributed by atoms with van der Waals surface area (Å²) in [6, 6.07) is 0. The molecule has 1 heterocycles. The van der Waals surface area contributed by atoms with Gasteiger partial charge in [-0.1, -0.05) is 20.8 Å². The molecule has 0 atom stereocenters. The summed E-state index contributed by atoms with van der Waals surface area (Å²) in [5, 5.41) is 8.04. The van der Waals surface area contributed by atoms with Gasteiger partial charge in [-0.2, -0.15) is 0 Å². The first kappa shape index (κ1) is 15.6. The lowest BCUT2D eigenvalue weighted by Gasteiger charge is -2.14. The van der Waals surface area contributed by atoms with Crippen LogP contribution in [0.25, 0.3) is 0 Å². The van der Waals surface area contributed by atoms with E-state index in [2.05, 4.69) is 10.2 Å². The van der Waals surface area contributed by atoms with Gasteiger partial charge in [-0.25, -0.2) is 0 Å². The van der Waals surface area contributed by atoms with Crippen LogP contribution >= 0.6 is 0 Å². The van der Waals surface area contributed by atoms with Crippen molar-refractivity contribution in [1.29, 1.82) is 0 Å². The zero-order chi connectivity index (χ0) is 14.5. The molecule has 0 fully saturated rings. The van der Waals surface area contributed by atoms with Crippen LogP contribution in [-0.4, -0.2) is 41.3 Å². The van der Waals surface area contributed by atoms with Crippen molar-refractivity contribution in [2.45, 2.75) is 46.1 Å². The summed E-state index contributed by atoms with van der Waals surface area (Å²) in [4.78, 5) is 13.2. The predicted octanol–water partition coefficient (Wildman–Crippen LogP) is 1.75. The molecule has 0 aliphatic heterocycles. The average molecular weight is 269 g/mol. The van der Waals surface area contributed by atoms with E-state index in [-0.39, 0.29) is 11.4 Å². The summed E-state index contributed by atoms with van der Waals surface area (Å²) in [6.07, 6.45) is 0.366. The van der Waals surface area contributed by atoms with Crippen LogP contribution in [0.15, 0.2) is 4.42 Å². The minimum Gasteiger partial charge on any atom is -0.466 e. The molecular weight excluding hydrogens is 246 g/mol. The van der Waals surface area contributed by atoms with Gasteiger partial charge in [0.05, 0.1) is 19.6 Å². The van der Waals surface area contributed by atoms with Crippen LogP contribution in [0.4, 0.5) is 0 Å². The van der Waals surface area contributed by atoms with Crippen molar-refractivity contribution in [2.24, 2.45) is 0 Å². The van der Waals surface area contributed by atoms with E-state index in [4.69, 9.17) is 9.15 Å². The Balaban J connectivity index is 2.42. The van der Waals surface area contributed by atoms with E-state index in [0.29, 0.717) is 37.9 Å². The first-order valence-electron chi connectivity index (χ1n) is 6.50. The molecular formula is C13H23N3O3. The Morgan fingerprint density at radius 2 is 2.05 bits per heavy atom. The maximum Gasteiger partial charge on any atom is 0.307 e. The van der Waals surface area contributed by atoms with E-state index in [9.17, 15) is 4.79 Å². The molecule has 1 rings (SSSR count). The second-order valence-electron chi connectivity index (χ2n) is 5.54. The van der Waals surface area contributed by atoms with Crippen molar-refractivity contribution >= 4 is 5.97 Å². The van der Waals surface area contributed by atoms with Gasteiger partial charge in [-0.15, -0.1) is 10.2 Å². The minimum absolute atomic E-state index is 0.144. The van der Waals surface area contributed by atoms with E-state index in [1.807, 2.05) is 32.7 Å². The van der Waals surface area contributed by atoms with Gasteiger partial charge in [-0.3, -0.25) is 9.69 Å². The SMILES string of the molecule is CCOC(=O)CCN(C)Cc1nnc(C(C)(C)C)o1. The van der Waals surface area contributed by atoms with Crippen LogP contribution in [0, 0.1) is 0 Å². The van der Waals surface area contributed by atoms with Crippen LogP contribution in [0.2, 0.25) is 0 Å². The van der Waals surface area contributed by atoms with Gasteiger partial charge in [-0.05, 0) is 14.0 Å². The number of nitrogens with zero attached hydrogens (tertiary/aromatic N) is 3. The van der Waals surface area contributed by atoms with Crippen molar-refractivity contribution in [3.63, 3.8) is 0 Å². The van der Waals surface area contributed by atoms with Crippen molar-refractivity contribution < 1.29 is 13.9 Å². The molecule has 0 spiro atoms. The van der Waals surface area contributed by atoms with Gasteiger partial charge in [0.1, 0.15) is 0 Å². The molecule has 1 aromatic rings. The third kappa shape index (κ3) is 5.38. The standard InChI is InChI=1S/C13H23N3O3/c1-6-18-11(17)7-8-16(5)9-10-14-15-12(19-10)13(2,3)4/h6-9H2,1-5H3. The fourth-order valence-corrected chi connectivity index (χ4v) is 1.45. The largest absolute Gasteiger partial charge is 0.466 e. The Morgan fingerprint density at radius 3 is 2.58 bits per heavy atom. The van der Waals surface area contributed by atoms with Crippen LogP contribution in [0.1, 0.15) is 45.9 Å². The molecule has 0 saturated heterocycles. The Kier molecular flexibility index (Phi) is 5.47. The number of aromatic nitrogens is 2. The van der Waals surface area contributed by atoms with E-state index in [1.54, 1.807) is 6.92 Å². The molecule has 0 N–H and O–H groups in total. The van der Waals surface area contributed by atoms with E-state index < -0.39 is 0 Å². The summed E-state index contributed by atoms with van der Waals surface area (Å²) in [7, 11) is 1.90. The quantitative estimate of drug-likeness (QED) is 0.733. The van der Waals surface area contributed by atoms with Crippen molar-refractivity contribution in [1.82, 2.24) is 15.1 Å². The van der Waals surface area contributed by atoms with Gasteiger partial charge < -0.3 is 9.15 Å². The molecule has 0 aliphatic carbocycles. The lowest BCUT2D eigenvalue weighted by atomic mass is 9.97. The van der Waals surface area contributed by atoms with Crippen molar-refractivity contribution in [3.05, 3.63) is 11.8 Å². The number of carbonyl (C=O) groups excluding carboxylic acids is 1. The van der Waals surface area contributed by atoms with Crippen molar-refractivity contribution in [2.75, 3.05) is 20.2 Å². The summed E-state index contributed by atoms with van der Waals surface area (Å²) in [6.45, 7) is 9.42. The number of hydrogen-bond donors (Lipinski definition) is 0. The highest BCUT2D eigenvalue weighted by Crippen LogP contribution is 2.20. The summed E-state index contributed by atoms with van der Waals surface area (Å²) in [5.41, 5.74) is -0.144. The van der Waals surface area contributed by atoms with Gasteiger partial charge in [0, 0.05) is 12.0 Å². The maximum absolute atomic E-state index is 11.2. The van der Waals surface area contributed by atoms with Crippen LogP contribution in [-0.2, 0) is 21.5 Å². The smallest absolute Gasteiger partial charge is 0.307 e. The van der Waals surface area contributed by atoms with E-state index in [1.165, 1.54) is 0 Å². The summed E-state index contributed by atoms with van der Waals surface area (Å²) < 4.78 is 10.5. The molecule has 6 heteroatoms. The van der Waals surface area contributed by atoms with E-state index >= 15 is 0 Å². The van der Waals surface area contributed by atoms with E-state index in [0.717, 1.165) is 0 Å². The Hall–Kier alpha value is -1.43. The fourth-order valence-electron chi connectivity index (χ4n) is 1.45. The maximum atomic E-state index is 11.2. The lowest BCUT2D eigenvalue weighted by molar-refractivity contribution is -0.143. The van der Waals surface area contributed by atoms with Gasteiger partial charge >= 0.3 is 5.97 Å². The highest BCUT2D eigenvalue weighted by molar-refractivity contribution is 5.69. The first-order valence-corrected chi connectivity index (χ1v) is 6.50. The topological polar surface area (TPSA) is 68.5 Å². The molecule has 0 radical (unpaired) electrons. The first-order chi connectivity index (χ1) is 8.82. The summed E-state index contributed by atoms with van der Waals surface area (Å²) >= 11 is 0. The highest BCUT2D eigenvalue weighted by Gasteiger charge is 2.21. The fraction of sp³-hybridized carbons (Fsp3) is 0.769. The van der Waals surface area contributed by atoms with Crippen LogP contribution < -0.4 is 0 Å². The third-order valence-corrected chi connectivity index (χ3v) is 2.52. The number of rotatable bonds is 6. The second kappa shape index (κ2) is 6.65. The third-order valence-electron chi connectivity index (χ3n) is 2.52.